The number of hydrogen-bond donors (Lipinski definition) is 2. The number of hydrogen-bond acceptors (Lipinski definition) is 5. The summed E-state index contributed by atoms with van der Waals surface area (Å²) in [6.07, 6.45) is 8.10. The van der Waals surface area contributed by atoms with Gasteiger partial charge in [0.25, 0.3) is 0 Å². The zero-order valence-electron chi connectivity index (χ0n) is 21.2. The summed E-state index contributed by atoms with van der Waals surface area (Å²) in [5, 5.41) is 7.57. The van der Waals surface area contributed by atoms with Crippen LogP contribution in [0.25, 0.3) is 0 Å². The van der Waals surface area contributed by atoms with Crippen molar-refractivity contribution in [2.24, 2.45) is 23.2 Å². The van der Waals surface area contributed by atoms with Crippen molar-refractivity contribution in [1.29, 1.82) is 0 Å². The Morgan fingerprint density at radius 1 is 0.737 bits per heavy atom. The topological polar surface area (TPSA) is 119 Å². The number of nitrogens with one attached hydrogen (secondary N) is 1. The molecule has 0 aliphatic heterocycles. The van der Waals surface area contributed by atoms with Gasteiger partial charge in [-0.25, -0.2) is 0 Å². The summed E-state index contributed by atoms with van der Waals surface area (Å²) >= 11 is 0. The van der Waals surface area contributed by atoms with E-state index in [1.807, 2.05) is 0 Å². The van der Waals surface area contributed by atoms with E-state index in [1.165, 1.54) is 35.2 Å². The molecule has 0 unspecified atom stereocenters. The SMILES string of the molecule is O=C(NC[P+](c1ccccc1)(c1ccccc1)c1ccccc1)C12CC3CC(CC(C3)C1)C2.[O-][Cl+3]([O-])([O-])O. The highest BCUT2D eigenvalue weighted by Gasteiger charge is 2.55. The first-order chi connectivity index (χ1) is 18.2. The fourth-order valence-corrected chi connectivity index (χ4v) is 11.4. The fourth-order valence-electron chi connectivity index (χ4n) is 7.54. The van der Waals surface area contributed by atoms with Gasteiger partial charge in [0.2, 0.25) is 5.91 Å². The van der Waals surface area contributed by atoms with Crippen LogP contribution in [0.5, 0.6) is 0 Å². The molecule has 4 aliphatic carbocycles. The number of halogens is 1. The Morgan fingerprint density at radius 2 is 1.05 bits per heavy atom. The number of carbonyl (C=O) groups excluding carboxylic acids is 1. The number of rotatable bonds is 6. The average molecular weight is 555 g/mol. The van der Waals surface area contributed by atoms with Crippen LogP contribution in [0.2, 0.25) is 0 Å². The molecule has 0 radical (unpaired) electrons. The smallest absolute Gasteiger partial charge is 0.229 e. The van der Waals surface area contributed by atoms with Crippen LogP contribution >= 0.6 is 7.26 Å². The Morgan fingerprint density at radius 3 is 1.37 bits per heavy atom. The van der Waals surface area contributed by atoms with Crippen LogP contribution < -0.4 is 35.2 Å². The second-order valence-corrected chi connectivity index (χ2v) is 15.4. The third kappa shape index (κ3) is 5.81. The van der Waals surface area contributed by atoms with Gasteiger partial charge in [-0.1, -0.05) is 54.6 Å². The number of benzene rings is 3. The van der Waals surface area contributed by atoms with Crippen LogP contribution in [0.1, 0.15) is 38.5 Å². The predicted molar refractivity (Wildman–Crippen MR) is 141 cm³/mol. The first-order valence-corrected chi connectivity index (χ1v) is 16.4. The molecule has 0 saturated heterocycles. The molecule has 3 aromatic rings. The Bertz CT molecular complexity index is 1080. The molecule has 4 bridgehead atoms. The van der Waals surface area contributed by atoms with Crippen LogP contribution in [0.4, 0.5) is 0 Å². The molecule has 8 heteroatoms. The molecular weight excluding hydrogens is 521 g/mol. The molecule has 6 nitrogen and oxygen atoms in total. The molecule has 4 saturated carbocycles. The van der Waals surface area contributed by atoms with Gasteiger partial charge in [-0.05, 0) is 92.7 Å². The van der Waals surface area contributed by atoms with E-state index in [-0.39, 0.29) is 5.41 Å². The first-order valence-electron chi connectivity index (χ1n) is 13.1. The molecule has 3 aromatic carbocycles. The quantitative estimate of drug-likeness (QED) is 0.443. The Kier molecular flexibility index (Phi) is 7.93. The lowest BCUT2D eigenvalue weighted by atomic mass is 9.49. The van der Waals surface area contributed by atoms with Crippen molar-refractivity contribution < 1.29 is 33.7 Å². The zero-order valence-corrected chi connectivity index (χ0v) is 22.9. The van der Waals surface area contributed by atoms with Gasteiger partial charge < -0.3 is 5.32 Å². The van der Waals surface area contributed by atoms with Crippen LogP contribution in [-0.4, -0.2) is 16.9 Å². The molecule has 1 amide bonds. The van der Waals surface area contributed by atoms with Gasteiger partial charge in [0.1, 0.15) is 29.5 Å². The summed E-state index contributed by atoms with van der Waals surface area (Å²) in [5.74, 6) is 2.66. The lowest BCUT2D eigenvalue weighted by molar-refractivity contribution is -1.92. The van der Waals surface area contributed by atoms with E-state index < -0.39 is 17.5 Å². The highest BCUT2D eigenvalue weighted by atomic mass is 35.7. The third-order valence-electron chi connectivity index (χ3n) is 8.59. The average Bonchev–Trinajstić information content (AvgIpc) is 2.89. The second kappa shape index (κ2) is 11.1. The minimum absolute atomic E-state index is 0.117. The standard InChI is InChI=1S/C30H32NOP.ClHO4/c32-29(30-19-23-16-24(20-30)18-25(17-23)21-30)31-22-33(26-10-4-1-5-11-26,27-12-6-2-7-13-27)28-14-8-3-9-15-28;2-1(3,4)5/h1-15,23-25H,16-22H2;(H,2,3,4,5)/p+1. The van der Waals surface area contributed by atoms with Gasteiger partial charge >= 0.3 is 0 Å². The third-order valence-corrected chi connectivity index (χ3v) is 12.8. The molecule has 2 N–H and O–H groups in total. The molecule has 0 heterocycles. The number of amides is 1. The van der Waals surface area contributed by atoms with Crippen LogP contribution in [0, 0.1) is 33.4 Å². The minimum atomic E-state index is -4.69. The summed E-state index contributed by atoms with van der Waals surface area (Å²) in [6, 6.07) is 32.6. The number of carbonyl (C=O) groups is 1. The minimum Gasteiger partial charge on any atom is -0.322 e. The van der Waals surface area contributed by atoms with Crippen LogP contribution in [0.15, 0.2) is 91.0 Å². The van der Waals surface area contributed by atoms with Crippen LogP contribution in [-0.2, 0) is 4.79 Å². The van der Waals surface area contributed by atoms with E-state index in [0.717, 1.165) is 37.0 Å². The second-order valence-electron chi connectivity index (χ2n) is 11.1. The fraction of sp³-hybridized carbons (Fsp3) is 0.367. The molecule has 0 aromatic heterocycles. The van der Waals surface area contributed by atoms with E-state index in [2.05, 4.69) is 96.3 Å². The molecule has 0 spiro atoms. The van der Waals surface area contributed by atoms with Gasteiger partial charge in [-0.15, -0.1) is 0 Å². The summed E-state index contributed by atoms with van der Waals surface area (Å²) < 4.78 is 32.7. The molecule has 0 atom stereocenters. The van der Waals surface area contributed by atoms with Crippen molar-refractivity contribution in [3.8, 4) is 0 Å². The van der Waals surface area contributed by atoms with Gasteiger partial charge in [0, 0.05) is 0 Å². The molecule has 38 heavy (non-hydrogen) atoms. The van der Waals surface area contributed by atoms with Crippen molar-refractivity contribution in [2.75, 3.05) is 6.29 Å². The van der Waals surface area contributed by atoms with Gasteiger partial charge in [0.05, 0.1) is 20.3 Å². The lowest BCUT2D eigenvalue weighted by Crippen LogP contribution is -2.58. The van der Waals surface area contributed by atoms with Gasteiger partial charge in [0.15, 0.2) is 0 Å². The molecule has 4 fully saturated rings. The van der Waals surface area contributed by atoms with E-state index in [4.69, 9.17) is 18.6 Å². The van der Waals surface area contributed by atoms with Crippen molar-refractivity contribution in [3.05, 3.63) is 91.0 Å². The predicted octanol–water partition coefficient (Wildman–Crippen LogP) is 1.15. The van der Waals surface area contributed by atoms with Crippen molar-refractivity contribution in [3.63, 3.8) is 0 Å². The maximum absolute atomic E-state index is 13.9. The first kappa shape index (κ1) is 27.3. The highest BCUT2D eigenvalue weighted by molar-refractivity contribution is 7.95. The largest absolute Gasteiger partial charge is 0.322 e. The van der Waals surface area contributed by atoms with E-state index in [1.54, 1.807) is 0 Å². The zero-order chi connectivity index (χ0) is 26.8. The van der Waals surface area contributed by atoms with Crippen molar-refractivity contribution >= 4 is 29.1 Å². The summed E-state index contributed by atoms with van der Waals surface area (Å²) in [4.78, 5) is 13.9. The van der Waals surface area contributed by atoms with Gasteiger partial charge in [-0.2, -0.15) is 14.0 Å². The Labute approximate surface area is 226 Å². The Hall–Kier alpha value is -2.31. The summed E-state index contributed by atoms with van der Waals surface area (Å²) in [6.45, 7) is 0. The lowest BCUT2D eigenvalue weighted by Gasteiger charge is -2.55. The molecule has 4 aliphatic rings. The molecule has 7 rings (SSSR count). The van der Waals surface area contributed by atoms with Crippen LogP contribution in [0.3, 0.4) is 0 Å². The summed E-state index contributed by atoms with van der Waals surface area (Å²) in [5.41, 5.74) is -0.117. The van der Waals surface area contributed by atoms with Gasteiger partial charge in [-0.3, -0.25) is 4.79 Å². The molecular formula is C30H34ClNO5P+. The summed E-state index contributed by atoms with van der Waals surface area (Å²) in [7, 11) is -6.73. The van der Waals surface area contributed by atoms with E-state index in [0.29, 0.717) is 12.2 Å². The maximum Gasteiger partial charge on any atom is 0.229 e. The Balaban J connectivity index is 0.000000540. The highest BCUT2D eigenvalue weighted by Crippen LogP contribution is 2.60. The maximum atomic E-state index is 13.9. The molecule has 200 valence electrons. The van der Waals surface area contributed by atoms with Crippen molar-refractivity contribution in [2.45, 2.75) is 38.5 Å². The van der Waals surface area contributed by atoms with E-state index in [9.17, 15) is 4.79 Å². The van der Waals surface area contributed by atoms with Crippen molar-refractivity contribution in [1.82, 2.24) is 5.32 Å². The normalized spacial score (nSPS) is 25.8. The van der Waals surface area contributed by atoms with E-state index >= 15 is 0 Å². The monoisotopic (exact) mass is 554 g/mol.